The summed E-state index contributed by atoms with van der Waals surface area (Å²) in [6.07, 6.45) is 7.48. The van der Waals surface area contributed by atoms with E-state index in [1.807, 2.05) is 6.07 Å². The van der Waals surface area contributed by atoms with Gasteiger partial charge in [-0.05, 0) is 12.5 Å². The summed E-state index contributed by atoms with van der Waals surface area (Å²) in [6.45, 7) is 2.72. The van der Waals surface area contributed by atoms with Gasteiger partial charge in [0.25, 0.3) is 0 Å². The SMILES string of the molecule is CCCOc1cncc(-c2nccnc2N)c1. The predicted octanol–water partition coefficient (Wildman–Crippen LogP) is 1.91. The Labute approximate surface area is 99.7 Å². The Hall–Kier alpha value is -2.17. The number of pyridine rings is 1. The smallest absolute Gasteiger partial charge is 0.150 e. The van der Waals surface area contributed by atoms with Gasteiger partial charge in [0.1, 0.15) is 17.3 Å². The topological polar surface area (TPSA) is 73.9 Å². The standard InChI is InChI=1S/C12H14N4O/c1-2-5-17-10-6-9(7-14-8-10)11-12(13)16-4-3-15-11/h3-4,6-8H,2,5H2,1H3,(H2,13,16). The highest BCUT2D eigenvalue weighted by Crippen LogP contribution is 2.23. The van der Waals surface area contributed by atoms with Gasteiger partial charge in [0, 0.05) is 24.2 Å². The molecule has 88 valence electrons. The summed E-state index contributed by atoms with van der Waals surface area (Å²) in [6, 6.07) is 1.86. The number of hydrogen-bond acceptors (Lipinski definition) is 5. The van der Waals surface area contributed by atoms with E-state index < -0.39 is 0 Å². The van der Waals surface area contributed by atoms with Gasteiger partial charge in [-0.1, -0.05) is 6.92 Å². The second-order valence-electron chi connectivity index (χ2n) is 3.55. The first-order chi connectivity index (χ1) is 8.31. The van der Waals surface area contributed by atoms with Crippen molar-refractivity contribution in [1.29, 1.82) is 0 Å². The molecular formula is C12H14N4O. The summed E-state index contributed by atoms with van der Waals surface area (Å²) in [4.78, 5) is 12.3. The summed E-state index contributed by atoms with van der Waals surface area (Å²) in [5, 5.41) is 0. The molecule has 0 aliphatic carbocycles. The van der Waals surface area contributed by atoms with Gasteiger partial charge >= 0.3 is 0 Å². The van der Waals surface area contributed by atoms with Crippen molar-refractivity contribution in [2.45, 2.75) is 13.3 Å². The van der Waals surface area contributed by atoms with Crippen LogP contribution >= 0.6 is 0 Å². The van der Waals surface area contributed by atoms with Crippen LogP contribution in [0.1, 0.15) is 13.3 Å². The molecule has 0 radical (unpaired) electrons. The normalized spacial score (nSPS) is 10.2. The van der Waals surface area contributed by atoms with E-state index in [0.29, 0.717) is 18.1 Å². The molecule has 2 aromatic rings. The predicted molar refractivity (Wildman–Crippen MR) is 65.5 cm³/mol. The first-order valence-electron chi connectivity index (χ1n) is 5.46. The summed E-state index contributed by atoms with van der Waals surface area (Å²) in [5.41, 5.74) is 7.20. The number of rotatable bonds is 4. The quantitative estimate of drug-likeness (QED) is 0.868. The fraction of sp³-hybridized carbons (Fsp3) is 0.250. The lowest BCUT2D eigenvalue weighted by Crippen LogP contribution is -1.98. The van der Waals surface area contributed by atoms with Gasteiger partial charge < -0.3 is 10.5 Å². The van der Waals surface area contributed by atoms with Gasteiger partial charge in [0.2, 0.25) is 0 Å². The molecule has 0 saturated heterocycles. The Bertz CT molecular complexity index is 501. The first kappa shape index (κ1) is 11.3. The number of nitrogens with two attached hydrogens (primary N) is 1. The first-order valence-corrected chi connectivity index (χ1v) is 5.46. The Morgan fingerprint density at radius 2 is 2.06 bits per heavy atom. The Morgan fingerprint density at radius 1 is 1.24 bits per heavy atom. The zero-order valence-electron chi connectivity index (χ0n) is 9.63. The molecule has 5 heteroatoms. The van der Waals surface area contributed by atoms with E-state index in [-0.39, 0.29) is 0 Å². The molecule has 17 heavy (non-hydrogen) atoms. The summed E-state index contributed by atoms with van der Waals surface area (Å²) in [5.74, 6) is 1.11. The van der Waals surface area contributed by atoms with Crippen LogP contribution in [0.2, 0.25) is 0 Å². The molecule has 5 nitrogen and oxygen atoms in total. The molecular weight excluding hydrogens is 216 g/mol. The van der Waals surface area contributed by atoms with Gasteiger partial charge in [-0.15, -0.1) is 0 Å². The van der Waals surface area contributed by atoms with Crippen LogP contribution in [0.3, 0.4) is 0 Å². The number of ether oxygens (including phenoxy) is 1. The lowest BCUT2D eigenvalue weighted by molar-refractivity contribution is 0.316. The maximum absolute atomic E-state index is 5.76. The third-order valence-corrected chi connectivity index (χ3v) is 2.19. The number of nitrogens with zero attached hydrogens (tertiary/aromatic N) is 3. The third-order valence-electron chi connectivity index (χ3n) is 2.19. The molecule has 2 heterocycles. The molecule has 0 fully saturated rings. The van der Waals surface area contributed by atoms with E-state index in [9.17, 15) is 0 Å². The maximum Gasteiger partial charge on any atom is 0.150 e. The van der Waals surface area contributed by atoms with Crippen LogP contribution in [0, 0.1) is 0 Å². The lowest BCUT2D eigenvalue weighted by atomic mass is 10.2. The molecule has 0 spiro atoms. The molecule has 0 bridgehead atoms. The second-order valence-corrected chi connectivity index (χ2v) is 3.55. The molecule has 2 aromatic heterocycles. The molecule has 0 unspecified atom stereocenters. The van der Waals surface area contributed by atoms with Crippen LogP contribution in [0.15, 0.2) is 30.9 Å². The van der Waals surface area contributed by atoms with Gasteiger partial charge in [0.15, 0.2) is 0 Å². The van der Waals surface area contributed by atoms with Crippen molar-refractivity contribution < 1.29 is 4.74 Å². The Balaban J connectivity index is 2.30. The van der Waals surface area contributed by atoms with Crippen LogP contribution in [0.25, 0.3) is 11.3 Å². The summed E-state index contributed by atoms with van der Waals surface area (Å²) >= 11 is 0. The monoisotopic (exact) mass is 230 g/mol. The number of aromatic nitrogens is 3. The average molecular weight is 230 g/mol. The molecule has 0 atom stereocenters. The van der Waals surface area contributed by atoms with Gasteiger partial charge in [-0.3, -0.25) is 9.97 Å². The van der Waals surface area contributed by atoms with E-state index in [1.54, 1.807) is 24.8 Å². The molecule has 0 aliphatic heterocycles. The fourth-order valence-corrected chi connectivity index (χ4v) is 1.42. The molecule has 0 amide bonds. The van der Waals surface area contributed by atoms with Crippen LogP contribution < -0.4 is 10.5 Å². The lowest BCUT2D eigenvalue weighted by Gasteiger charge is -2.06. The molecule has 2 rings (SSSR count). The van der Waals surface area contributed by atoms with E-state index in [0.717, 1.165) is 17.7 Å². The third kappa shape index (κ3) is 2.69. The van der Waals surface area contributed by atoms with Gasteiger partial charge in [-0.25, -0.2) is 4.98 Å². The van der Waals surface area contributed by atoms with Gasteiger partial charge in [0.05, 0.1) is 12.8 Å². The second kappa shape index (κ2) is 5.25. The van der Waals surface area contributed by atoms with E-state index >= 15 is 0 Å². The van der Waals surface area contributed by atoms with Crippen molar-refractivity contribution in [2.24, 2.45) is 0 Å². The molecule has 0 aliphatic rings. The summed E-state index contributed by atoms with van der Waals surface area (Å²) < 4.78 is 5.51. The number of hydrogen-bond donors (Lipinski definition) is 1. The molecule has 2 N–H and O–H groups in total. The minimum Gasteiger partial charge on any atom is -0.492 e. The van der Waals surface area contributed by atoms with Crippen molar-refractivity contribution in [3.63, 3.8) is 0 Å². The Morgan fingerprint density at radius 3 is 2.82 bits per heavy atom. The van der Waals surface area contributed by atoms with Crippen molar-refractivity contribution in [3.8, 4) is 17.0 Å². The highest BCUT2D eigenvalue weighted by molar-refractivity contribution is 5.69. The maximum atomic E-state index is 5.76. The van der Waals surface area contributed by atoms with E-state index in [4.69, 9.17) is 10.5 Å². The minimum atomic E-state index is 0.391. The zero-order valence-corrected chi connectivity index (χ0v) is 9.63. The van der Waals surface area contributed by atoms with Crippen LogP contribution in [0.4, 0.5) is 5.82 Å². The number of anilines is 1. The highest BCUT2D eigenvalue weighted by Gasteiger charge is 2.06. The average Bonchev–Trinajstić information content (AvgIpc) is 2.37. The van der Waals surface area contributed by atoms with E-state index in [1.165, 1.54) is 0 Å². The van der Waals surface area contributed by atoms with Crippen molar-refractivity contribution in [2.75, 3.05) is 12.3 Å². The molecule has 0 aromatic carbocycles. The van der Waals surface area contributed by atoms with Crippen molar-refractivity contribution in [1.82, 2.24) is 15.0 Å². The molecule has 0 saturated carbocycles. The fourth-order valence-electron chi connectivity index (χ4n) is 1.42. The Kier molecular flexibility index (Phi) is 3.49. The van der Waals surface area contributed by atoms with Gasteiger partial charge in [-0.2, -0.15) is 0 Å². The van der Waals surface area contributed by atoms with E-state index in [2.05, 4.69) is 21.9 Å². The largest absolute Gasteiger partial charge is 0.492 e. The number of nitrogen functional groups attached to an aromatic ring is 1. The zero-order chi connectivity index (χ0) is 12.1. The summed E-state index contributed by atoms with van der Waals surface area (Å²) in [7, 11) is 0. The van der Waals surface area contributed by atoms with Crippen molar-refractivity contribution in [3.05, 3.63) is 30.9 Å². The van der Waals surface area contributed by atoms with Crippen LogP contribution in [-0.4, -0.2) is 21.6 Å². The minimum absolute atomic E-state index is 0.391. The van der Waals surface area contributed by atoms with Crippen LogP contribution in [0.5, 0.6) is 5.75 Å². The van der Waals surface area contributed by atoms with Crippen LogP contribution in [-0.2, 0) is 0 Å². The highest BCUT2D eigenvalue weighted by atomic mass is 16.5. The van der Waals surface area contributed by atoms with Crippen molar-refractivity contribution >= 4 is 5.82 Å².